The highest BCUT2D eigenvalue weighted by molar-refractivity contribution is 6.02. The van der Waals surface area contributed by atoms with Gasteiger partial charge in [-0.2, -0.15) is 5.26 Å². The first-order chi connectivity index (χ1) is 5.69. The van der Waals surface area contributed by atoms with Gasteiger partial charge in [0.15, 0.2) is 0 Å². The monoisotopic (exact) mass is 165 g/mol. The molecule has 0 aromatic heterocycles. The van der Waals surface area contributed by atoms with Crippen molar-refractivity contribution in [3.8, 4) is 6.07 Å². The largest absolute Gasteiger partial charge is 0.364 e. The highest BCUT2D eigenvalue weighted by Crippen LogP contribution is 2.22. The minimum Gasteiger partial charge on any atom is -0.358 e. The number of rotatable bonds is 2. The van der Waals surface area contributed by atoms with Crippen molar-refractivity contribution in [2.24, 2.45) is 4.99 Å². The molecule has 1 rings (SSSR count). The van der Waals surface area contributed by atoms with E-state index in [0.29, 0.717) is 18.4 Å². The minimum absolute atomic E-state index is 0.144. The summed E-state index contributed by atoms with van der Waals surface area (Å²) in [6, 6.07) is 1.82. The molecule has 0 unspecified atom stereocenters. The van der Waals surface area contributed by atoms with Crippen LogP contribution >= 0.6 is 0 Å². The average molecular weight is 165 g/mol. The van der Waals surface area contributed by atoms with Crippen molar-refractivity contribution in [3.63, 3.8) is 0 Å². The van der Waals surface area contributed by atoms with Crippen molar-refractivity contribution in [2.75, 3.05) is 0 Å². The van der Waals surface area contributed by atoms with Gasteiger partial charge in [0.2, 0.25) is 5.71 Å². The Morgan fingerprint density at radius 3 is 2.83 bits per heavy atom. The van der Waals surface area contributed by atoms with Gasteiger partial charge in [-0.15, -0.1) is 0 Å². The number of hydrogen-bond donors (Lipinski definition) is 0. The molecule has 1 aliphatic rings. The second kappa shape index (κ2) is 3.13. The summed E-state index contributed by atoms with van der Waals surface area (Å²) in [5.41, 5.74) is 0.870. The molecule has 62 valence electrons. The number of nitrogens with zero attached hydrogens (tertiary/aromatic N) is 3. The molecule has 0 saturated heterocycles. The van der Waals surface area contributed by atoms with Gasteiger partial charge < -0.3 is 10.1 Å². The van der Waals surface area contributed by atoms with Gasteiger partial charge in [0.25, 0.3) is 0 Å². The molecule has 0 bridgehead atoms. The molecule has 0 fully saturated rings. The summed E-state index contributed by atoms with van der Waals surface area (Å²) in [5.74, 6) is -0.144. The van der Waals surface area contributed by atoms with Crippen molar-refractivity contribution in [3.05, 3.63) is 21.5 Å². The number of nitro groups is 1. The van der Waals surface area contributed by atoms with Crippen LogP contribution in [0.5, 0.6) is 0 Å². The van der Waals surface area contributed by atoms with Gasteiger partial charge in [-0.25, -0.2) is 0 Å². The lowest BCUT2D eigenvalue weighted by atomic mass is 10.1. The normalized spacial score (nSPS) is 15.8. The molecule has 0 aliphatic carbocycles. The van der Waals surface area contributed by atoms with Crippen molar-refractivity contribution < 1.29 is 4.92 Å². The molecule has 5 nitrogen and oxygen atoms in total. The third-order valence-corrected chi connectivity index (χ3v) is 1.67. The minimum atomic E-state index is -0.539. The van der Waals surface area contributed by atoms with Crippen LogP contribution in [0.3, 0.4) is 0 Å². The molecule has 0 aromatic carbocycles. The number of nitriles is 1. The molecule has 1 aliphatic heterocycles. The molecule has 0 atom stereocenters. The van der Waals surface area contributed by atoms with Gasteiger partial charge in [0.05, 0.1) is 6.42 Å². The number of allylic oxidation sites excluding steroid dienone is 1. The fourth-order valence-corrected chi connectivity index (χ4v) is 1.05. The fourth-order valence-electron chi connectivity index (χ4n) is 1.05. The van der Waals surface area contributed by atoms with Gasteiger partial charge in [-0.05, 0) is 16.3 Å². The highest BCUT2D eigenvalue weighted by atomic mass is 16.6. The Morgan fingerprint density at radius 1 is 1.83 bits per heavy atom. The summed E-state index contributed by atoms with van der Waals surface area (Å²) in [7, 11) is 0. The van der Waals surface area contributed by atoms with E-state index in [-0.39, 0.29) is 11.5 Å². The summed E-state index contributed by atoms with van der Waals surface area (Å²) in [5, 5.41) is 18.8. The number of hydrogen-bond acceptors (Lipinski definition) is 4. The molecule has 0 N–H and O–H groups in total. The summed E-state index contributed by atoms with van der Waals surface area (Å²) in [4.78, 5) is 13.4. The Kier molecular flexibility index (Phi) is 2.19. The molecule has 0 amide bonds. The zero-order chi connectivity index (χ0) is 9.14. The van der Waals surface area contributed by atoms with Crippen LogP contribution in [-0.4, -0.2) is 10.6 Å². The van der Waals surface area contributed by atoms with E-state index in [0.717, 1.165) is 0 Å². The van der Waals surface area contributed by atoms with Crippen LogP contribution in [0.25, 0.3) is 0 Å². The van der Waals surface area contributed by atoms with Gasteiger partial charge >= 0.3 is 5.82 Å². The molecule has 0 spiro atoms. The van der Waals surface area contributed by atoms with E-state index >= 15 is 0 Å². The van der Waals surface area contributed by atoms with Crippen LogP contribution in [0.2, 0.25) is 0 Å². The van der Waals surface area contributed by atoms with Gasteiger partial charge in [0, 0.05) is 5.57 Å². The molecule has 12 heavy (non-hydrogen) atoms. The molecule has 1 heterocycles. The highest BCUT2D eigenvalue weighted by Gasteiger charge is 2.27. The fraction of sp³-hybridized carbons (Fsp3) is 0.429. The summed E-state index contributed by atoms with van der Waals surface area (Å²) in [6.45, 7) is 1.81. The zero-order valence-electron chi connectivity index (χ0n) is 6.57. The standard InChI is InChI=1S/C7H7N3O2/c1-2-5-3-6(4-8)9-7(5)10(11)12/h2-3H2,1H3. The molecular weight excluding hydrogens is 158 g/mol. The van der Waals surface area contributed by atoms with E-state index in [1.807, 2.05) is 13.0 Å². The maximum Gasteiger partial charge on any atom is 0.364 e. The maximum absolute atomic E-state index is 10.4. The van der Waals surface area contributed by atoms with Crippen molar-refractivity contribution in [2.45, 2.75) is 19.8 Å². The third kappa shape index (κ3) is 1.32. The van der Waals surface area contributed by atoms with Gasteiger partial charge in [-0.1, -0.05) is 6.92 Å². The van der Waals surface area contributed by atoms with E-state index in [4.69, 9.17) is 5.26 Å². The van der Waals surface area contributed by atoms with Gasteiger partial charge in [0.1, 0.15) is 6.07 Å². The van der Waals surface area contributed by atoms with Crippen molar-refractivity contribution >= 4 is 5.71 Å². The van der Waals surface area contributed by atoms with Crippen LogP contribution in [0.4, 0.5) is 0 Å². The van der Waals surface area contributed by atoms with E-state index in [2.05, 4.69) is 4.99 Å². The Labute approximate surface area is 69.2 Å². The zero-order valence-corrected chi connectivity index (χ0v) is 6.57. The first kappa shape index (κ1) is 8.40. The van der Waals surface area contributed by atoms with E-state index < -0.39 is 4.92 Å². The summed E-state index contributed by atoms with van der Waals surface area (Å²) >= 11 is 0. The van der Waals surface area contributed by atoms with E-state index in [9.17, 15) is 10.1 Å². The van der Waals surface area contributed by atoms with Crippen LogP contribution in [0.1, 0.15) is 19.8 Å². The van der Waals surface area contributed by atoms with Crippen LogP contribution in [0, 0.1) is 21.4 Å². The predicted molar refractivity (Wildman–Crippen MR) is 42.0 cm³/mol. The lowest BCUT2D eigenvalue weighted by Crippen LogP contribution is -1.96. The lowest BCUT2D eigenvalue weighted by Gasteiger charge is -1.93. The first-order valence-corrected chi connectivity index (χ1v) is 3.53. The van der Waals surface area contributed by atoms with Crippen LogP contribution < -0.4 is 0 Å². The van der Waals surface area contributed by atoms with Gasteiger partial charge in [-0.3, -0.25) is 0 Å². The summed E-state index contributed by atoms with van der Waals surface area (Å²) < 4.78 is 0. The maximum atomic E-state index is 10.4. The first-order valence-electron chi connectivity index (χ1n) is 3.53. The Balaban J connectivity index is 2.97. The lowest BCUT2D eigenvalue weighted by molar-refractivity contribution is -0.426. The van der Waals surface area contributed by atoms with Crippen LogP contribution in [-0.2, 0) is 0 Å². The van der Waals surface area contributed by atoms with Crippen molar-refractivity contribution in [1.29, 1.82) is 5.26 Å². The second-order valence-electron chi connectivity index (χ2n) is 2.38. The SMILES string of the molecule is CCC1=C([N+](=O)[O-])N=C(C#N)C1. The topological polar surface area (TPSA) is 79.3 Å². The van der Waals surface area contributed by atoms with Crippen LogP contribution in [0.15, 0.2) is 16.4 Å². The number of aliphatic imine (C=N–C) groups is 1. The molecule has 0 saturated carbocycles. The quantitative estimate of drug-likeness (QED) is 0.456. The third-order valence-electron chi connectivity index (χ3n) is 1.67. The average Bonchev–Trinajstić information content (AvgIpc) is 2.47. The Hall–Kier alpha value is -1.70. The molecular formula is C7H7N3O2. The molecule has 0 aromatic rings. The second-order valence-corrected chi connectivity index (χ2v) is 2.38. The van der Waals surface area contributed by atoms with E-state index in [1.54, 1.807) is 0 Å². The summed E-state index contributed by atoms with van der Waals surface area (Å²) in [6.07, 6.45) is 0.911. The molecule has 5 heteroatoms. The smallest absolute Gasteiger partial charge is 0.358 e. The Morgan fingerprint density at radius 2 is 2.50 bits per heavy atom. The predicted octanol–water partition coefficient (Wildman–Crippen LogP) is 1.25. The van der Waals surface area contributed by atoms with Crippen molar-refractivity contribution in [1.82, 2.24) is 0 Å². The Bertz CT molecular complexity index is 322. The van der Waals surface area contributed by atoms with E-state index in [1.165, 1.54) is 0 Å². The molecule has 0 radical (unpaired) electrons.